The van der Waals surface area contributed by atoms with E-state index in [0.29, 0.717) is 16.5 Å². The number of benzene rings is 3. The second-order valence-corrected chi connectivity index (χ2v) is 7.99. The molecule has 0 saturated carbocycles. The van der Waals surface area contributed by atoms with E-state index in [9.17, 15) is 13.2 Å². The third-order valence-electron chi connectivity index (χ3n) is 3.71. The molecule has 0 heterocycles. The molecule has 0 unspecified atom stereocenters. The Morgan fingerprint density at radius 1 is 0.655 bits per heavy atom. The van der Waals surface area contributed by atoms with Crippen molar-refractivity contribution in [3.8, 4) is 0 Å². The third kappa shape index (κ3) is 6.03. The predicted molar refractivity (Wildman–Crippen MR) is 119 cm³/mol. The van der Waals surface area contributed by atoms with E-state index in [2.05, 4.69) is 16.0 Å². The number of para-hydroxylation sites is 2. The molecule has 0 radical (unpaired) electrons. The number of sulfonamides is 1. The third-order valence-corrected chi connectivity index (χ3v) is 5.26. The van der Waals surface area contributed by atoms with Crippen LogP contribution in [0.1, 0.15) is 0 Å². The molecule has 148 valence electrons. The number of hydrogen-bond donors (Lipinski definition) is 4. The normalized spacial score (nSPS) is 10.6. The Kier molecular flexibility index (Phi) is 6.43. The molecule has 29 heavy (non-hydrogen) atoms. The molecule has 4 N–H and O–H groups in total. The minimum Gasteiger partial charge on any atom is -0.332 e. The van der Waals surface area contributed by atoms with Crippen molar-refractivity contribution in [3.05, 3.63) is 84.9 Å². The van der Waals surface area contributed by atoms with Crippen molar-refractivity contribution in [2.45, 2.75) is 4.90 Å². The van der Waals surface area contributed by atoms with E-state index in [4.69, 9.17) is 12.2 Å². The van der Waals surface area contributed by atoms with E-state index >= 15 is 0 Å². The van der Waals surface area contributed by atoms with Gasteiger partial charge in [0, 0.05) is 17.1 Å². The van der Waals surface area contributed by atoms with Gasteiger partial charge in [-0.3, -0.25) is 0 Å². The monoisotopic (exact) mass is 426 g/mol. The molecule has 0 aliphatic carbocycles. The lowest BCUT2D eigenvalue weighted by Crippen LogP contribution is -2.34. The van der Waals surface area contributed by atoms with Gasteiger partial charge in [0.15, 0.2) is 5.11 Å². The second kappa shape index (κ2) is 9.18. The molecule has 0 atom stereocenters. The maximum atomic E-state index is 12.4. The van der Waals surface area contributed by atoms with E-state index in [-0.39, 0.29) is 4.90 Å². The van der Waals surface area contributed by atoms with E-state index in [1.807, 2.05) is 35.1 Å². The zero-order valence-corrected chi connectivity index (χ0v) is 16.8. The predicted octanol–water partition coefficient (Wildman–Crippen LogP) is 4.01. The standard InChI is InChI=1S/C20H18N4O3S2/c25-19(21-15-7-3-1-4-8-15)24-29(26,27)18-13-11-17(12-14-18)23-20(28)22-16-9-5-2-6-10-16/h1-14H,(H2,21,24,25)(H2,22,23,28). The summed E-state index contributed by atoms with van der Waals surface area (Å²) in [5, 5.41) is 8.82. The first-order chi connectivity index (χ1) is 13.9. The number of carbonyl (C=O) groups excluding carboxylic acids is 1. The number of hydrogen-bond acceptors (Lipinski definition) is 4. The van der Waals surface area contributed by atoms with Gasteiger partial charge in [-0.25, -0.2) is 17.9 Å². The summed E-state index contributed by atoms with van der Waals surface area (Å²) in [5.74, 6) is 0. The van der Waals surface area contributed by atoms with Crippen LogP contribution >= 0.6 is 12.2 Å². The number of thiocarbonyl (C=S) groups is 1. The lowest BCUT2D eigenvalue weighted by atomic mass is 10.3. The molecule has 0 bridgehead atoms. The zero-order chi connectivity index (χ0) is 20.7. The minimum absolute atomic E-state index is 0.0480. The lowest BCUT2D eigenvalue weighted by molar-refractivity contribution is 0.256. The van der Waals surface area contributed by atoms with Gasteiger partial charge in [-0.2, -0.15) is 0 Å². The molecule has 7 nitrogen and oxygen atoms in total. The minimum atomic E-state index is -4.01. The van der Waals surface area contributed by atoms with E-state index in [1.54, 1.807) is 42.5 Å². The van der Waals surface area contributed by atoms with Gasteiger partial charge < -0.3 is 16.0 Å². The van der Waals surface area contributed by atoms with Crippen LogP contribution in [0.4, 0.5) is 21.9 Å². The average molecular weight is 427 g/mol. The summed E-state index contributed by atoms with van der Waals surface area (Å²) in [6.45, 7) is 0. The smallest absolute Gasteiger partial charge is 0.332 e. The first-order valence-corrected chi connectivity index (χ1v) is 10.4. The molecule has 2 amide bonds. The highest BCUT2D eigenvalue weighted by molar-refractivity contribution is 7.90. The molecule has 3 aromatic carbocycles. The van der Waals surface area contributed by atoms with Crippen LogP contribution < -0.4 is 20.7 Å². The quantitative estimate of drug-likeness (QED) is 0.460. The summed E-state index contributed by atoms with van der Waals surface area (Å²) in [6, 6.07) is 23.0. The van der Waals surface area contributed by atoms with Crippen molar-refractivity contribution in [2.24, 2.45) is 0 Å². The first kappa shape index (κ1) is 20.3. The summed E-state index contributed by atoms with van der Waals surface area (Å²) in [4.78, 5) is 11.9. The number of nitrogens with one attached hydrogen (secondary N) is 4. The van der Waals surface area contributed by atoms with Crippen molar-refractivity contribution in [3.63, 3.8) is 0 Å². The Balaban J connectivity index is 1.59. The highest BCUT2D eigenvalue weighted by atomic mass is 32.2. The number of rotatable bonds is 5. The SMILES string of the molecule is O=C(Nc1ccccc1)NS(=O)(=O)c1ccc(NC(=S)Nc2ccccc2)cc1. The Morgan fingerprint density at radius 3 is 1.62 bits per heavy atom. The van der Waals surface area contributed by atoms with Crippen LogP contribution in [0.5, 0.6) is 0 Å². The number of anilines is 3. The molecule has 3 aromatic rings. The molecule has 0 fully saturated rings. The van der Waals surface area contributed by atoms with Crippen molar-refractivity contribution >= 4 is 50.4 Å². The summed E-state index contributed by atoms with van der Waals surface area (Å²) in [6.07, 6.45) is 0. The Morgan fingerprint density at radius 2 is 1.10 bits per heavy atom. The van der Waals surface area contributed by atoms with Crippen molar-refractivity contribution in [2.75, 3.05) is 16.0 Å². The number of urea groups is 1. The van der Waals surface area contributed by atoms with Crippen molar-refractivity contribution < 1.29 is 13.2 Å². The van der Waals surface area contributed by atoms with Gasteiger partial charge in [0.2, 0.25) is 0 Å². The molecular weight excluding hydrogens is 408 g/mol. The summed E-state index contributed by atoms with van der Waals surface area (Å²) in [7, 11) is -4.01. The van der Waals surface area contributed by atoms with E-state index in [1.165, 1.54) is 12.1 Å². The molecule has 0 aromatic heterocycles. The fourth-order valence-corrected chi connectivity index (χ4v) is 3.53. The van der Waals surface area contributed by atoms with Gasteiger partial charge in [0.1, 0.15) is 0 Å². The summed E-state index contributed by atoms with van der Waals surface area (Å²) >= 11 is 5.24. The van der Waals surface area contributed by atoms with Crippen molar-refractivity contribution in [1.29, 1.82) is 0 Å². The Labute approximate surface area is 174 Å². The maximum absolute atomic E-state index is 12.4. The average Bonchev–Trinajstić information content (AvgIpc) is 2.69. The van der Waals surface area contributed by atoms with Crippen LogP contribution in [-0.4, -0.2) is 19.6 Å². The van der Waals surface area contributed by atoms with Gasteiger partial charge in [-0.15, -0.1) is 0 Å². The van der Waals surface area contributed by atoms with Crippen LogP contribution in [0.25, 0.3) is 0 Å². The van der Waals surface area contributed by atoms with Crippen LogP contribution in [0.3, 0.4) is 0 Å². The molecule has 0 aliphatic heterocycles. The summed E-state index contributed by atoms with van der Waals surface area (Å²) in [5.41, 5.74) is 1.92. The number of carbonyl (C=O) groups is 1. The fraction of sp³-hybridized carbons (Fsp3) is 0. The van der Waals surface area contributed by atoms with Gasteiger partial charge in [0.25, 0.3) is 10.0 Å². The highest BCUT2D eigenvalue weighted by Crippen LogP contribution is 2.15. The largest absolute Gasteiger partial charge is 0.333 e. The van der Waals surface area contributed by atoms with E-state index < -0.39 is 16.1 Å². The maximum Gasteiger partial charge on any atom is 0.333 e. The Hall–Kier alpha value is -3.43. The van der Waals surface area contributed by atoms with Gasteiger partial charge in [0.05, 0.1) is 4.90 Å². The number of amides is 2. The lowest BCUT2D eigenvalue weighted by Gasteiger charge is -2.12. The van der Waals surface area contributed by atoms with E-state index in [0.717, 1.165) is 5.69 Å². The molecule has 0 aliphatic rings. The van der Waals surface area contributed by atoms with Gasteiger partial charge in [-0.1, -0.05) is 36.4 Å². The highest BCUT2D eigenvalue weighted by Gasteiger charge is 2.17. The molecule has 0 saturated heterocycles. The van der Waals surface area contributed by atoms with Crippen LogP contribution in [0, 0.1) is 0 Å². The zero-order valence-electron chi connectivity index (χ0n) is 15.1. The molecule has 0 spiro atoms. The summed E-state index contributed by atoms with van der Waals surface area (Å²) < 4.78 is 26.7. The van der Waals surface area contributed by atoms with Crippen LogP contribution in [-0.2, 0) is 10.0 Å². The van der Waals surface area contributed by atoms with Crippen molar-refractivity contribution in [1.82, 2.24) is 4.72 Å². The molecular formula is C20H18N4O3S2. The van der Waals surface area contributed by atoms with Crippen LogP contribution in [0.15, 0.2) is 89.8 Å². The Bertz CT molecular complexity index is 1090. The second-order valence-electron chi connectivity index (χ2n) is 5.90. The molecule has 3 rings (SSSR count). The fourth-order valence-electron chi connectivity index (χ4n) is 2.39. The van der Waals surface area contributed by atoms with Crippen LogP contribution in [0.2, 0.25) is 0 Å². The molecule has 9 heteroatoms. The van der Waals surface area contributed by atoms with Gasteiger partial charge in [-0.05, 0) is 60.7 Å². The first-order valence-electron chi connectivity index (χ1n) is 8.54. The van der Waals surface area contributed by atoms with Gasteiger partial charge >= 0.3 is 6.03 Å². The topological polar surface area (TPSA) is 99.3 Å².